The fourth-order valence-electron chi connectivity index (χ4n) is 2.72. The fraction of sp³-hybridized carbons (Fsp3) is 0.900. The molecule has 2 heteroatoms. The molecule has 2 unspecified atom stereocenters. The Morgan fingerprint density at radius 3 is 2.67 bits per heavy atom. The molecule has 1 saturated heterocycles. The van der Waals surface area contributed by atoms with Gasteiger partial charge in [-0.3, -0.25) is 4.79 Å². The van der Waals surface area contributed by atoms with Gasteiger partial charge >= 0.3 is 5.97 Å². The second-order valence-corrected chi connectivity index (χ2v) is 4.35. The lowest BCUT2D eigenvalue weighted by Crippen LogP contribution is -2.37. The van der Waals surface area contributed by atoms with E-state index in [1.54, 1.807) is 0 Å². The second-order valence-electron chi connectivity index (χ2n) is 4.35. The third-order valence-corrected chi connectivity index (χ3v) is 3.52. The van der Waals surface area contributed by atoms with Crippen molar-refractivity contribution in [3.05, 3.63) is 0 Å². The molecule has 0 aromatic heterocycles. The summed E-state index contributed by atoms with van der Waals surface area (Å²) in [5.74, 6) is 2.01. The predicted octanol–water partition coefficient (Wildman–Crippen LogP) is 1.84. The molecule has 4 atom stereocenters. The van der Waals surface area contributed by atoms with Crippen molar-refractivity contribution in [3.63, 3.8) is 0 Å². The lowest BCUT2D eigenvalue weighted by molar-refractivity contribution is -0.160. The Morgan fingerprint density at radius 2 is 2.00 bits per heavy atom. The van der Waals surface area contributed by atoms with E-state index in [9.17, 15) is 4.79 Å². The zero-order valence-corrected chi connectivity index (χ0v) is 7.75. The van der Waals surface area contributed by atoms with Crippen molar-refractivity contribution in [2.75, 3.05) is 6.61 Å². The molecule has 1 saturated carbocycles. The van der Waals surface area contributed by atoms with Crippen LogP contribution in [-0.2, 0) is 9.53 Å². The first-order valence-electron chi connectivity index (χ1n) is 4.87. The molecule has 0 N–H and O–H groups in total. The lowest BCUT2D eigenvalue weighted by Gasteiger charge is -2.31. The minimum atomic E-state index is 0.0584. The molecule has 2 rings (SSSR count). The maximum absolute atomic E-state index is 11.4. The van der Waals surface area contributed by atoms with Crippen LogP contribution in [0.2, 0.25) is 0 Å². The number of cyclic esters (lactones) is 1. The van der Waals surface area contributed by atoms with Crippen molar-refractivity contribution in [2.45, 2.75) is 26.7 Å². The van der Waals surface area contributed by atoms with E-state index in [2.05, 4.69) is 13.8 Å². The molecule has 0 bridgehead atoms. The Hall–Kier alpha value is -0.530. The Balaban J connectivity index is 2.18. The van der Waals surface area contributed by atoms with E-state index in [1.807, 2.05) is 0 Å². The van der Waals surface area contributed by atoms with Gasteiger partial charge in [0.2, 0.25) is 0 Å². The summed E-state index contributed by atoms with van der Waals surface area (Å²) in [7, 11) is 0. The lowest BCUT2D eigenvalue weighted by atomic mass is 9.81. The molecule has 2 fully saturated rings. The van der Waals surface area contributed by atoms with Crippen LogP contribution in [0.3, 0.4) is 0 Å². The normalized spacial score (nSPS) is 47.0. The molecule has 0 amide bonds. The molecule has 68 valence electrons. The van der Waals surface area contributed by atoms with E-state index in [1.165, 1.54) is 12.8 Å². The van der Waals surface area contributed by atoms with Gasteiger partial charge in [-0.25, -0.2) is 0 Å². The van der Waals surface area contributed by atoms with Crippen molar-refractivity contribution in [1.29, 1.82) is 0 Å². The van der Waals surface area contributed by atoms with E-state index >= 15 is 0 Å². The van der Waals surface area contributed by atoms with E-state index < -0.39 is 0 Å². The van der Waals surface area contributed by atoms with Crippen molar-refractivity contribution in [2.24, 2.45) is 23.7 Å². The highest BCUT2D eigenvalue weighted by Crippen LogP contribution is 2.44. The molecular weight excluding hydrogens is 152 g/mol. The van der Waals surface area contributed by atoms with Crippen LogP contribution in [0.4, 0.5) is 0 Å². The van der Waals surface area contributed by atoms with Gasteiger partial charge in [-0.1, -0.05) is 13.8 Å². The minimum Gasteiger partial charge on any atom is -0.465 e. The molecule has 0 aromatic carbocycles. The third-order valence-electron chi connectivity index (χ3n) is 3.52. The molecule has 2 aliphatic rings. The monoisotopic (exact) mass is 168 g/mol. The maximum Gasteiger partial charge on any atom is 0.309 e. The van der Waals surface area contributed by atoms with Gasteiger partial charge in [0.25, 0.3) is 0 Å². The summed E-state index contributed by atoms with van der Waals surface area (Å²) in [4.78, 5) is 11.4. The topological polar surface area (TPSA) is 26.3 Å². The van der Waals surface area contributed by atoms with E-state index in [4.69, 9.17) is 4.74 Å². The largest absolute Gasteiger partial charge is 0.465 e. The number of esters is 1. The summed E-state index contributed by atoms with van der Waals surface area (Å²) in [5.41, 5.74) is 0. The molecule has 1 heterocycles. The van der Waals surface area contributed by atoms with Crippen molar-refractivity contribution < 1.29 is 9.53 Å². The van der Waals surface area contributed by atoms with Crippen LogP contribution in [0.25, 0.3) is 0 Å². The van der Waals surface area contributed by atoms with Crippen LogP contribution >= 0.6 is 0 Å². The standard InChI is InChI=1S/C10H16O2/c1-6-3-4-8-7(2)5-12-10(11)9(6)8/h6-9H,3-5H2,1-2H3/t6?,7-,8+,9?/m0/s1. The highest BCUT2D eigenvalue weighted by molar-refractivity contribution is 5.74. The van der Waals surface area contributed by atoms with E-state index in [-0.39, 0.29) is 11.9 Å². The molecular formula is C10H16O2. The van der Waals surface area contributed by atoms with Crippen LogP contribution in [-0.4, -0.2) is 12.6 Å². The van der Waals surface area contributed by atoms with Gasteiger partial charge in [0, 0.05) is 0 Å². The maximum atomic E-state index is 11.4. The van der Waals surface area contributed by atoms with Crippen molar-refractivity contribution in [3.8, 4) is 0 Å². The van der Waals surface area contributed by atoms with Crippen LogP contribution in [0, 0.1) is 23.7 Å². The number of ether oxygens (including phenoxy) is 1. The number of carbonyl (C=O) groups is 1. The number of rotatable bonds is 0. The average Bonchev–Trinajstić information content (AvgIpc) is 2.42. The summed E-state index contributed by atoms with van der Waals surface area (Å²) in [5, 5.41) is 0. The number of hydrogen-bond acceptors (Lipinski definition) is 2. The first-order valence-corrected chi connectivity index (χ1v) is 4.87. The van der Waals surface area contributed by atoms with Gasteiger partial charge in [-0.05, 0) is 30.6 Å². The Bertz CT molecular complexity index is 200. The zero-order valence-electron chi connectivity index (χ0n) is 7.75. The highest BCUT2D eigenvalue weighted by atomic mass is 16.5. The Morgan fingerprint density at radius 1 is 1.25 bits per heavy atom. The van der Waals surface area contributed by atoms with Crippen LogP contribution in [0.15, 0.2) is 0 Å². The summed E-state index contributed by atoms with van der Waals surface area (Å²) < 4.78 is 5.14. The smallest absolute Gasteiger partial charge is 0.309 e. The van der Waals surface area contributed by atoms with Crippen LogP contribution < -0.4 is 0 Å². The van der Waals surface area contributed by atoms with Gasteiger partial charge in [0.15, 0.2) is 0 Å². The highest BCUT2D eigenvalue weighted by Gasteiger charge is 2.45. The molecule has 0 aromatic rings. The molecule has 1 aliphatic heterocycles. The van der Waals surface area contributed by atoms with Gasteiger partial charge in [-0.15, -0.1) is 0 Å². The fourth-order valence-corrected chi connectivity index (χ4v) is 2.72. The SMILES string of the molecule is CC1CC[C@H]2C1C(=O)OC[C@@H]2C. The molecule has 12 heavy (non-hydrogen) atoms. The predicted molar refractivity (Wildman–Crippen MR) is 45.5 cm³/mol. The quantitative estimate of drug-likeness (QED) is 0.516. The Labute approximate surface area is 73.3 Å². The van der Waals surface area contributed by atoms with Crippen molar-refractivity contribution in [1.82, 2.24) is 0 Å². The molecule has 2 nitrogen and oxygen atoms in total. The summed E-state index contributed by atoms with van der Waals surface area (Å²) in [6.07, 6.45) is 2.43. The van der Waals surface area contributed by atoms with Crippen molar-refractivity contribution >= 4 is 5.97 Å². The van der Waals surface area contributed by atoms with Crippen LogP contribution in [0.1, 0.15) is 26.7 Å². The first-order chi connectivity index (χ1) is 5.70. The number of fused-ring (bicyclic) bond motifs is 1. The molecule has 0 spiro atoms. The van der Waals surface area contributed by atoms with Crippen LogP contribution in [0.5, 0.6) is 0 Å². The summed E-state index contributed by atoms with van der Waals surface area (Å²) in [6, 6.07) is 0. The van der Waals surface area contributed by atoms with Gasteiger partial charge in [0.1, 0.15) is 0 Å². The molecule has 0 radical (unpaired) electrons. The number of carbonyl (C=O) groups excluding carboxylic acids is 1. The molecule has 1 aliphatic carbocycles. The second kappa shape index (κ2) is 2.75. The van der Waals surface area contributed by atoms with E-state index in [0.29, 0.717) is 24.4 Å². The summed E-state index contributed by atoms with van der Waals surface area (Å²) in [6.45, 7) is 5.01. The first kappa shape index (κ1) is 8.09. The van der Waals surface area contributed by atoms with Gasteiger partial charge in [0.05, 0.1) is 12.5 Å². The van der Waals surface area contributed by atoms with Gasteiger partial charge < -0.3 is 4.74 Å². The van der Waals surface area contributed by atoms with Gasteiger partial charge in [-0.2, -0.15) is 0 Å². The average molecular weight is 168 g/mol. The zero-order chi connectivity index (χ0) is 8.72. The minimum absolute atomic E-state index is 0.0584. The summed E-state index contributed by atoms with van der Waals surface area (Å²) >= 11 is 0. The van der Waals surface area contributed by atoms with E-state index in [0.717, 1.165) is 0 Å². The third kappa shape index (κ3) is 1.05. The number of hydrogen-bond donors (Lipinski definition) is 0. The Kier molecular flexibility index (Phi) is 1.85.